The minimum atomic E-state index is 0.676. The molecule has 0 aliphatic heterocycles. The quantitative estimate of drug-likeness (QED) is 0.654. The number of aryl methyl sites for hydroxylation is 2. The van der Waals surface area contributed by atoms with Crippen molar-refractivity contribution in [3.05, 3.63) is 36.2 Å². The molecule has 2 rings (SSSR count). The third-order valence-corrected chi connectivity index (χ3v) is 1.71. The lowest BCUT2D eigenvalue weighted by Crippen LogP contribution is -2.01. The van der Waals surface area contributed by atoms with Crippen molar-refractivity contribution in [3.8, 4) is 5.95 Å². The van der Waals surface area contributed by atoms with E-state index in [2.05, 4.69) is 15.0 Å². The Balaban J connectivity index is 2.53. The van der Waals surface area contributed by atoms with E-state index in [9.17, 15) is 0 Å². The highest BCUT2D eigenvalue weighted by molar-refractivity contribution is 5.17. The first-order valence-corrected chi connectivity index (χ1v) is 4.06. The van der Waals surface area contributed by atoms with Gasteiger partial charge in [0.2, 0.25) is 5.95 Å². The summed E-state index contributed by atoms with van der Waals surface area (Å²) < 4.78 is 1.79. The number of nitrogens with zero attached hydrogens (tertiary/aromatic N) is 4. The molecule has 0 aliphatic rings. The van der Waals surface area contributed by atoms with E-state index in [0.717, 1.165) is 11.4 Å². The minimum Gasteiger partial charge on any atom is -0.274 e. The highest BCUT2D eigenvalue weighted by Gasteiger charge is 2.00. The Morgan fingerprint density at radius 3 is 2.38 bits per heavy atom. The van der Waals surface area contributed by atoms with Crippen LogP contribution in [0.5, 0.6) is 0 Å². The van der Waals surface area contributed by atoms with Gasteiger partial charge in [0.15, 0.2) is 0 Å². The fraction of sp³-hybridized carbons (Fsp3) is 0.222. The van der Waals surface area contributed by atoms with Crippen LogP contribution >= 0.6 is 0 Å². The summed E-state index contributed by atoms with van der Waals surface area (Å²) in [6.45, 7) is 3.91. The predicted octanol–water partition coefficient (Wildman–Crippen LogP) is 1.28. The first kappa shape index (κ1) is 7.91. The van der Waals surface area contributed by atoms with Gasteiger partial charge in [0.25, 0.3) is 0 Å². The summed E-state index contributed by atoms with van der Waals surface area (Å²) in [5.74, 6) is 0.676. The van der Waals surface area contributed by atoms with Crippen LogP contribution in [0.15, 0.2) is 24.8 Å². The minimum absolute atomic E-state index is 0.676. The van der Waals surface area contributed by atoms with Crippen molar-refractivity contribution in [2.75, 3.05) is 0 Å². The highest BCUT2D eigenvalue weighted by atomic mass is 15.2. The van der Waals surface area contributed by atoms with Crippen LogP contribution in [0.3, 0.4) is 0 Å². The number of hydrogen-bond acceptors (Lipinski definition) is 3. The van der Waals surface area contributed by atoms with Crippen molar-refractivity contribution in [3.63, 3.8) is 0 Å². The second-order valence-corrected chi connectivity index (χ2v) is 2.92. The molecule has 0 spiro atoms. The molecule has 0 N–H and O–H groups in total. The topological polar surface area (TPSA) is 43.6 Å². The van der Waals surface area contributed by atoms with E-state index < -0.39 is 0 Å². The Kier molecular flexibility index (Phi) is 1.81. The molecule has 2 aromatic heterocycles. The van der Waals surface area contributed by atoms with E-state index in [1.54, 1.807) is 17.1 Å². The Bertz CT molecular complexity index is 385. The predicted molar refractivity (Wildman–Crippen MR) is 48.6 cm³/mol. The van der Waals surface area contributed by atoms with E-state index >= 15 is 0 Å². The molecule has 0 aliphatic carbocycles. The van der Waals surface area contributed by atoms with E-state index in [1.165, 1.54) is 0 Å². The van der Waals surface area contributed by atoms with Crippen LogP contribution in [0.4, 0.5) is 0 Å². The molecule has 13 heavy (non-hydrogen) atoms. The third kappa shape index (κ3) is 1.56. The molecule has 0 fully saturated rings. The fourth-order valence-corrected chi connectivity index (χ4v) is 1.20. The molecular weight excluding hydrogens is 164 g/mol. The molecule has 2 aromatic rings. The van der Waals surface area contributed by atoms with Gasteiger partial charge < -0.3 is 0 Å². The lowest BCUT2D eigenvalue weighted by Gasteiger charge is -2.02. The zero-order valence-electron chi connectivity index (χ0n) is 7.60. The van der Waals surface area contributed by atoms with Gasteiger partial charge in [-0.3, -0.25) is 4.57 Å². The normalized spacial score (nSPS) is 10.3. The van der Waals surface area contributed by atoms with Gasteiger partial charge in [0.1, 0.15) is 6.33 Å². The van der Waals surface area contributed by atoms with Gasteiger partial charge in [-0.2, -0.15) is 0 Å². The van der Waals surface area contributed by atoms with Crippen LogP contribution in [0.1, 0.15) is 11.4 Å². The smallest absolute Gasteiger partial charge is 0.235 e. The summed E-state index contributed by atoms with van der Waals surface area (Å²) >= 11 is 0. The van der Waals surface area contributed by atoms with Crippen molar-refractivity contribution in [1.29, 1.82) is 0 Å². The second-order valence-electron chi connectivity index (χ2n) is 2.92. The summed E-state index contributed by atoms with van der Waals surface area (Å²) in [6.07, 6.45) is 5.23. The molecular formula is C9H10N4. The van der Waals surface area contributed by atoms with Gasteiger partial charge >= 0.3 is 0 Å². The van der Waals surface area contributed by atoms with E-state index in [4.69, 9.17) is 0 Å². The Hall–Kier alpha value is -1.71. The summed E-state index contributed by atoms with van der Waals surface area (Å²) in [5, 5.41) is 0. The number of rotatable bonds is 1. The number of hydrogen-bond donors (Lipinski definition) is 0. The molecule has 0 radical (unpaired) electrons. The van der Waals surface area contributed by atoms with Crippen molar-refractivity contribution in [2.24, 2.45) is 0 Å². The maximum atomic E-state index is 4.29. The lowest BCUT2D eigenvalue weighted by atomic mass is 10.4. The summed E-state index contributed by atoms with van der Waals surface area (Å²) in [6, 6.07) is 1.94. The molecule has 0 aromatic carbocycles. The number of imidazole rings is 1. The highest BCUT2D eigenvalue weighted by Crippen LogP contribution is 2.03. The van der Waals surface area contributed by atoms with Gasteiger partial charge in [0.05, 0.1) is 0 Å². The molecule has 4 nitrogen and oxygen atoms in total. The molecule has 0 saturated heterocycles. The molecule has 4 heteroatoms. The number of aromatic nitrogens is 4. The van der Waals surface area contributed by atoms with Crippen LogP contribution < -0.4 is 0 Å². The van der Waals surface area contributed by atoms with Crippen molar-refractivity contribution < 1.29 is 0 Å². The summed E-state index contributed by atoms with van der Waals surface area (Å²) in [7, 11) is 0. The average Bonchev–Trinajstić information content (AvgIpc) is 2.53. The first-order chi connectivity index (χ1) is 6.25. The van der Waals surface area contributed by atoms with Crippen LogP contribution in [-0.2, 0) is 0 Å². The van der Waals surface area contributed by atoms with Crippen LogP contribution in [0.2, 0.25) is 0 Å². The zero-order valence-corrected chi connectivity index (χ0v) is 7.60. The SMILES string of the molecule is Cc1cc(C)nc(-n2ccnc2)n1. The third-order valence-electron chi connectivity index (χ3n) is 1.71. The Labute approximate surface area is 76.3 Å². The maximum Gasteiger partial charge on any atom is 0.235 e. The fourth-order valence-electron chi connectivity index (χ4n) is 1.20. The Morgan fingerprint density at radius 2 is 1.85 bits per heavy atom. The van der Waals surface area contributed by atoms with Gasteiger partial charge in [-0.05, 0) is 19.9 Å². The molecule has 0 bridgehead atoms. The molecule has 0 saturated carbocycles. The standard InChI is InChI=1S/C9H10N4/c1-7-5-8(2)12-9(11-7)13-4-3-10-6-13/h3-6H,1-2H3. The molecule has 0 amide bonds. The summed E-state index contributed by atoms with van der Waals surface area (Å²) in [4.78, 5) is 12.5. The monoisotopic (exact) mass is 174 g/mol. The average molecular weight is 174 g/mol. The maximum absolute atomic E-state index is 4.29. The molecule has 2 heterocycles. The van der Waals surface area contributed by atoms with E-state index in [1.807, 2.05) is 26.1 Å². The van der Waals surface area contributed by atoms with Crippen molar-refractivity contribution in [2.45, 2.75) is 13.8 Å². The van der Waals surface area contributed by atoms with Crippen molar-refractivity contribution >= 4 is 0 Å². The Morgan fingerprint density at radius 1 is 1.15 bits per heavy atom. The van der Waals surface area contributed by atoms with E-state index in [0.29, 0.717) is 5.95 Å². The van der Waals surface area contributed by atoms with Crippen molar-refractivity contribution in [1.82, 2.24) is 19.5 Å². The summed E-state index contributed by atoms with van der Waals surface area (Å²) in [5.41, 5.74) is 1.94. The van der Waals surface area contributed by atoms with Gasteiger partial charge in [0, 0.05) is 23.8 Å². The lowest BCUT2D eigenvalue weighted by molar-refractivity contribution is 0.893. The van der Waals surface area contributed by atoms with Crippen LogP contribution in [-0.4, -0.2) is 19.5 Å². The second kappa shape index (κ2) is 2.97. The van der Waals surface area contributed by atoms with Crippen LogP contribution in [0, 0.1) is 13.8 Å². The van der Waals surface area contributed by atoms with Gasteiger partial charge in [-0.15, -0.1) is 0 Å². The molecule has 0 atom stereocenters. The largest absolute Gasteiger partial charge is 0.274 e. The zero-order chi connectivity index (χ0) is 9.26. The van der Waals surface area contributed by atoms with Crippen LogP contribution in [0.25, 0.3) is 5.95 Å². The van der Waals surface area contributed by atoms with Gasteiger partial charge in [-0.25, -0.2) is 15.0 Å². The van der Waals surface area contributed by atoms with Gasteiger partial charge in [-0.1, -0.05) is 0 Å². The van der Waals surface area contributed by atoms with E-state index in [-0.39, 0.29) is 0 Å². The molecule has 0 unspecified atom stereocenters. The first-order valence-electron chi connectivity index (χ1n) is 4.06. The molecule has 66 valence electrons.